The number of amides is 1. The Morgan fingerprint density at radius 1 is 1.12 bits per heavy atom. The summed E-state index contributed by atoms with van der Waals surface area (Å²) in [4.78, 5) is 17.5. The van der Waals surface area contributed by atoms with E-state index in [1.165, 1.54) is 0 Å². The second-order valence-electron chi connectivity index (χ2n) is 5.50. The van der Waals surface area contributed by atoms with Crippen LogP contribution < -0.4 is 14.8 Å². The van der Waals surface area contributed by atoms with Crippen LogP contribution in [0.2, 0.25) is 0 Å². The number of thiophene rings is 1. The van der Waals surface area contributed by atoms with Crippen LogP contribution in [0.25, 0.3) is 0 Å². The molecule has 134 valence electrons. The average molecular weight is 368 g/mol. The van der Waals surface area contributed by atoms with Crippen LogP contribution in [-0.2, 0) is 13.2 Å². The van der Waals surface area contributed by atoms with Crippen molar-refractivity contribution in [2.75, 3.05) is 6.61 Å². The second kappa shape index (κ2) is 9.01. The summed E-state index contributed by atoms with van der Waals surface area (Å²) in [6, 6.07) is 13.0. The molecule has 0 atom stereocenters. The highest BCUT2D eigenvalue weighted by Crippen LogP contribution is 2.29. The molecule has 1 aromatic carbocycles. The molecular formula is C20H20N2O3S. The molecule has 0 aliphatic rings. The Balaban J connectivity index is 1.68. The fourth-order valence-corrected chi connectivity index (χ4v) is 3.00. The Morgan fingerprint density at radius 3 is 2.69 bits per heavy atom. The van der Waals surface area contributed by atoms with Gasteiger partial charge >= 0.3 is 0 Å². The number of aromatic nitrogens is 1. The van der Waals surface area contributed by atoms with Crippen LogP contribution in [0, 0.1) is 0 Å². The van der Waals surface area contributed by atoms with E-state index in [2.05, 4.69) is 10.3 Å². The lowest BCUT2D eigenvalue weighted by Gasteiger charge is -2.13. The first-order valence-electron chi connectivity index (χ1n) is 8.35. The van der Waals surface area contributed by atoms with E-state index < -0.39 is 0 Å². The van der Waals surface area contributed by atoms with Gasteiger partial charge in [0.05, 0.1) is 13.2 Å². The lowest BCUT2D eigenvalue weighted by molar-refractivity contribution is 0.0950. The van der Waals surface area contributed by atoms with E-state index in [0.29, 0.717) is 36.8 Å². The van der Waals surface area contributed by atoms with Gasteiger partial charge < -0.3 is 14.8 Å². The van der Waals surface area contributed by atoms with Gasteiger partial charge in [-0.15, -0.1) is 11.3 Å². The molecule has 2 aromatic heterocycles. The third-order valence-corrected chi connectivity index (χ3v) is 4.53. The number of benzene rings is 1. The van der Waals surface area contributed by atoms with Crippen LogP contribution in [0.3, 0.4) is 0 Å². The lowest BCUT2D eigenvalue weighted by atomic mass is 10.2. The normalized spacial score (nSPS) is 10.3. The SMILES string of the molecule is CCOc1cc(C(=O)NCc2cccs2)ccc1OCc1ccncc1. The number of nitrogens with one attached hydrogen (secondary N) is 1. The molecule has 6 heteroatoms. The fraction of sp³-hybridized carbons (Fsp3) is 0.200. The molecular weight excluding hydrogens is 348 g/mol. The second-order valence-corrected chi connectivity index (χ2v) is 6.53. The van der Waals surface area contributed by atoms with Crippen molar-refractivity contribution in [2.45, 2.75) is 20.1 Å². The number of ether oxygens (including phenoxy) is 2. The van der Waals surface area contributed by atoms with E-state index in [1.54, 1.807) is 41.9 Å². The van der Waals surface area contributed by atoms with E-state index in [1.807, 2.05) is 36.6 Å². The standard InChI is InChI=1S/C20H20N2O3S/c1-2-24-19-12-16(20(23)22-13-17-4-3-11-26-17)5-6-18(19)25-14-15-7-9-21-10-8-15/h3-12H,2,13-14H2,1H3,(H,22,23). The molecule has 0 bridgehead atoms. The predicted molar refractivity (Wildman–Crippen MR) is 102 cm³/mol. The van der Waals surface area contributed by atoms with Gasteiger partial charge in [-0.1, -0.05) is 6.07 Å². The molecule has 0 saturated carbocycles. The minimum absolute atomic E-state index is 0.139. The van der Waals surface area contributed by atoms with Gasteiger partial charge in [0.2, 0.25) is 0 Å². The lowest BCUT2D eigenvalue weighted by Crippen LogP contribution is -2.22. The quantitative estimate of drug-likeness (QED) is 0.652. The Morgan fingerprint density at radius 2 is 1.96 bits per heavy atom. The molecule has 0 radical (unpaired) electrons. The van der Waals surface area contributed by atoms with E-state index in [9.17, 15) is 4.79 Å². The van der Waals surface area contributed by atoms with Crippen LogP contribution >= 0.6 is 11.3 Å². The maximum atomic E-state index is 12.4. The number of rotatable bonds is 8. The average Bonchev–Trinajstić information content (AvgIpc) is 3.20. The third-order valence-electron chi connectivity index (χ3n) is 3.65. The Hall–Kier alpha value is -2.86. The Labute approximate surface area is 156 Å². The van der Waals surface area contributed by atoms with Crippen LogP contribution in [0.15, 0.2) is 60.2 Å². The molecule has 2 heterocycles. The van der Waals surface area contributed by atoms with Gasteiger partial charge in [0.15, 0.2) is 11.5 Å². The molecule has 0 spiro atoms. The molecule has 0 saturated heterocycles. The number of carbonyl (C=O) groups excluding carboxylic acids is 1. The third kappa shape index (κ3) is 4.83. The van der Waals surface area contributed by atoms with Crippen LogP contribution in [0.4, 0.5) is 0 Å². The first-order chi connectivity index (χ1) is 12.8. The zero-order valence-corrected chi connectivity index (χ0v) is 15.3. The van der Waals surface area contributed by atoms with Crippen LogP contribution in [-0.4, -0.2) is 17.5 Å². The van der Waals surface area contributed by atoms with Crippen molar-refractivity contribution < 1.29 is 14.3 Å². The first-order valence-corrected chi connectivity index (χ1v) is 9.23. The highest BCUT2D eigenvalue weighted by Gasteiger charge is 2.12. The molecule has 3 rings (SSSR count). The minimum Gasteiger partial charge on any atom is -0.490 e. The van der Waals surface area contributed by atoms with Gasteiger partial charge in [-0.25, -0.2) is 0 Å². The van der Waals surface area contributed by atoms with Gasteiger partial charge in [-0.3, -0.25) is 9.78 Å². The van der Waals surface area contributed by atoms with E-state index in [0.717, 1.165) is 10.4 Å². The van der Waals surface area contributed by atoms with Gasteiger partial charge in [0.1, 0.15) is 6.61 Å². The first kappa shape index (κ1) is 17.9. The maximum absolute atomic E-state index is 12.4. The zero-order chi connectivity index (χ0) is 18.2. The summed E-state index contributed by atoms with van der Waals surface area (Å²) in [5.41, 5.74) is 1.56. The van der Waals surface area contributed by atoms with E-state index >= 15 is 0 Å². The molecule has 1 amide bonds. The molecule has 0 unspecified atom stereocenters. The highest BCUT2D eigenvalue weighted by molar-refractivity contribution is 7.09. The molecule has 5 nitrogen and oxygen atoms in total. The number of hydrogen-bond donors (Lipinski definition) is 1. The monoisotopic (exact) mass is 368 g/mol. The minimum atomic E-state index is -0.139. The van der Waals surface area contributed by atoms with Crippen molar-refractivity contribution in [2.24, 2.45) is 0 Å². The zero-order valence-electron chi connectivity index (χ0n) is 14.5. The Kier molecular flexibility index (Phi) is 6.22. The topological polar surface area (TPSA) is 60.5 Å². The van der Waals surface area contributed by atoms with Crippen molar-refractivity contribution in [1.82, 2.24) is 10.3 Å². The van der Waals surface area contributed by atoms with Gasteiger partial charge in [-0.2, -0.15) is 0 Å². The van der Waals surface area contributed by atoms with Crippen molar-refractivity contribution in [3.8, 4) is 11.5 Å². The van der Waals surface area contributed by atoms with Crippen molar-refractivity contribution >= 4 is 17.2 Å². The molecule has 0 aliphatic heterocycles. The maximum Gasteiger partial charge on any atom is 0.251 e. The van der Waals surface area contributed by atoms with Crippen molar-refractivity contribution in [3.05, 3.63) is 76.2 Å². The summed E-state index contributed by atoms with van der Waals surface area (Å²) in [6.45, 7) is 3.31. The highest BCUT2D eigenvalue weighted by atomic mass is 32.1. The van der Waals surface area contributed by atoms with Crippen LogP contribution in [0.5, 0.6) is 11.5 Å². The summed E-state index contributed by atoms with van der Waals surface area (Å²) in [7, 11) is 0. The van der Waals surface area contributed by atoms with E-state index in [-0.39, 0.29) is 5.91 Å². The summed E-state index contributed by atoms with van der Waals surface area (Å²) >= 11 is 1.61. The largest absolute Gasteiger partial charge is 0.490 e. The van der Waals surface area contributed by atoms with Crippen molar-refractivity contribution in [3.63, 3.8) is 0 Å². The molecule has 0 aliphatic carbocycles. The fourth-order valence-electron chi connectivity index (χ4n) is 2.36. The predicted octanol–water partition coefficient (Wildman–Crippen LogP) is 4.05. The van der Waals surface area contributed by atoms with E-state index in [4.69, 9.17) is 9.47 Å². The molecule has 3 aromatic rings. The molecule has 26 heavy (non-hydrogen) atoms. The number of nitrogens with zero attached hydrogens (tertiary/aromatic N) is 1. The Bertz CT molecular complexity index is 836. The van der Waals surface area contributed by atoms with Gasteiger partial charge in [0, 0.05) is 22.8 Å². The summed E-state index contributed by atoms with van der Waals surface area (Å²) in [5, 5.41) is 4.91. The van der Waals surface area contributed by atoms with Crippen LogP contribution in [0.1, 0.15) is 27.7 Å². The van der Waals surface area contributed by atoms with Gasteiger partial charge in [-0.05, 0) is 54.3 Å². The summed E-state index contributed by atoms with van der Waals surface area (Å²) in [5.74, 6) is 1.03. The smallest absolute Gasteiger partial charge is 0.251 e. The number of pyridine rings is 1. The number of hydrogen-bond acceptors (Lipinski definition) is 5. The van der Waals surface area contributed by atoms with Gasteiger partial charge in [0.25, 0.3) is 5.91 Å². The molecule has 0 fully saturated rings. The number of carbonyl (C=O) groups is 1. The summed E-state index contributed by atoms with van der Waals surface area (Å²) < 4.78 is 11.5. The molecule has 1 N–H and O–H groups in total. The summed E-state index contributed by atoms with van der Waals surface area (Å²) in [6.07, 6.45) is 3.45. The van der Waals surface area contributed by atoms with Crippen molar-refractivity contribution in [1.29, 1.82) is 0 Å².